The first-order valence-corrected chi connectivity index (χ1v) is 6.34. The van der Waals surface area contributed by atoms with Crippen LogP contribution >= 0.6 is 11.6 Å². The van der Waals surface area contributed by atoms with Crippen molar-refractivity contribution in [3.63, 3.8) is 0 Å². The number of nitrogens with two attached hydrogens (primary N) is 1. The van der Waals surface area contributed by atoms with Crippen molar-refractivity contribution in [2.75, 3.05) is 12.3 Å². The molecule has 0 saturated carbocycles. The number of rotatable bonds is 2. The number of benzene rings is 1. The van der Waals surface area contributed by atoms with E-state index >= 15 is 0 Å². The van der Waals surface area contributed by atoms with Crippen LogP contribution in [0.4, 0.5) is 11.5 Å². The summed E-state index contributed by atoms with van der Waals surface area (Å²) in [6, 6.07) is 4.48. The second-order valence-corrected chi connectivity index (χ2v) is 4.82. The topological polar surface area (TPSA) is 96.2 Å². The van der Waals surface area contributed by atoms with E-state index in [0.717, 1.165) is 11.3 Å². The molecule has 1 aromatic carbocycles. The average Bonchev–Trinajstić information content (AvgIpc) is 2.76. The molecule has 0 aliphatic carbocycles. The first kappa shape index (κ1) is 12.9. The van der Waals surface area contributed by atoms with Crippen molar-refractivity contribution in [2.24, 2.45) is 0 Å². The molecule has 1 aliphatic heterocycles. The Bertz CT molecular complexity index is 698. The Balaban J connectivity index is 2.10. The number of ether oxygens (including phenoxy) is 1. The van der Waals surface area contributed by atoms with Crippen LogP contribution in [0.1, 0.15) is 11.3 Å². The van der Waals surface area contributed by atoms with Crippen LogP contribution in [-0.2, 0) is 17.8 Å². The van der Waals surface area contributed by atoms with E-state index in [2.05, 4.69) is 5.10 Å². The quantitative estimate of drug-likeness (QED) is 0.676. The lowest BCUT2D eigenvalue weighted by atomic mass is 10.1. The fourth-order valence-corrected chi connectivity index (χ4v) is 2.49. The van der Waals surface area contributed by atoms with E-state index in [1.54, 1.807) is 10.7 Å². The number of aromatic nitrogens is 2. The molecular formula is C12H11ClN4O3. The van der Waals surface area contributed by atoms with Crippen LogP contribution in [0.3, 0.4) is 0 Å². The summed E-state index contributed by atoms with van der Waals surface area (Å²) in [4.78, 5) is 10.2. The molecule has 3 rings (SSSR count). The number of nitrogen functional groups attached to an aromatic ring is 1. The van der Waals surface area contributed by atoms with Gasteiger partial charge in [0.2, 0.25) is 0 Å². The summed E-state index contributed by atoms with van der Waals surface area (Å²) in [7, 11) is 0. The summed E-state index contributed by atoms with van der Waals surface area (Å²) in [5.74, 6) is 0.411. The van der Waals surface area contributed by atoms with Gasteiger partial charge in [-0.1, -0.05) is 11.6 Å². The summed E-state index contributed by atoms with van der Waals surface area (Å²) in [6.45, 7) is 1.03. The number of anilines is 1. The van der Waals surface area contributed by atoms with Gasteiger partial charge in [-0.3, -0.25) is 10.1 Å². The molecule has 20 heavy (non-hydrogen) atoms. The highest BCUT2D eigenvalue weighted by Crippen LogP contribution is 2.30. The first-order chi connectivity index (χ1) is 9.58. The molecule has 0 bridgehead atoms. The Labute approximate surface area is 119 Å². The SMILES string of the molecule is Nc1nn(-c2ccc([N+](=O)[O-])c(Cl)c2)c2c1COCC2. The van der Waals surface area contributed by atoms with Gasteiger partial charge in [0.1, 0.15) is 5.02 Å². The second kappa shape index (κ2) is 4.77. The zero-order chi connectivity index (χ0) is 14.3. The van der Waals surface area contributed by atoms with Gasteiger partial charge in [0.05, 0.1) is 29.5 Å². The Kier molecular flexibility index (Phi) is 3.07. The van der Waals surface area contributed by atoms with Crippen molar-refractivity contribution in [3.8, 4) is 5.69 Å². The van der Waals surface area contributed by atoms with Crippen LogP contribution in [-0.4, -0.2) is 21.3 Å². The van der Waals surface area contributed by atoms with Crippen LogP contribution in [0.5, 0.6) is 0 Å². The average molecular weight is 295 g/mol. The lowest BCUT2D eigenvalue weighted by molar-refractivity contribution is -0.384. The van der Waals surface area contributed by atoms with Crippen molar-refractivity contribution in [2.45, 2.75) is 13.0 Å². The molecule has 1 aliphatic rings. The summed E-state index contributed by atoms with van der Waals surface area (Å²) in [5, 5.41) is 15.1. The number of hydrogen-bond acceptors (Lipinski definition) is 5. The fourth-order valence-electron chi connectivity index (χ4n) is 2.25. The van der Waals surface area contributed by atoms with E-state index in [1.807, 2.05) is 0 Å². The zero-order valence-electron chi connectivity index (χ0n) is 10.4. The van der Waals surface area contributed by atoms with Crippen molar-refractivity contribution >= 4 is 23.1 Å². The standard InChI is InChI=1S/C12H11ClN4O3/c13-9-5-7(1-2-11(9)17(18)19)16-10-3-4-20-6-8(10)12(14)15-16/h1-2,5H,3-4,6H2,(H2,14,15). The fraction of sp³-hybridized carbons (Fsp3) is 0.250. The number of fused-ring (bicyclic) bond motifs is 1. The van der Waals surface area contributed by atoms with Crippen LogP contribution in [0, 0.1) is 10.1 Å². The molecule has 104 valence electrons. The molecule has 0 fully saturated rings. The third kappa shape index (κ3) is 2.00. The van der Waals surface area contributed by atoms with E-state index in [1.165, 1.54) is 12.1 Å². The molecule has 0 unspecified atom stereocenters. The molecule has 0 saturated heterocycles. The van der Waals surface area contributed by atoms with Gasteiger partial charge in [-0.05, 0) is 12.1 Å². The maximum atomic E-state index is 10.8. The van der Waals surface area contributed by atoms with Crippen LogP contribution in [0.25, 0.3) is 5.69 Å². The summed E-state index contributed by atoms with van der Waals surface area (Å²) >= 11 is 5.93. The molecule has 7 nitrogen and oxygen atoms in total. The Morgan fingerprint density at radius 3 is 3.00 bits per heavy atom. The van der Waals surface area contributed by atoms with Gasteiger partial charge in [-0.25, -0.2) is 4.68 Å². The van der Waals surface area contributed by atoms with Crippen molar-refractivity contribution < 1.29 is 9.66 Å². The number of halogens is 1. The summed E-state index contributed by atoms with van der Waals surface area (Å²) in [6.07, 6.45) is 0.689. The molecule has 0 spiro atoms. The summed E-state index contributed by atoms with van der Waals surface area (Å²) < 4.78 is 7.02. The van der Waals surface area contributed by atoms with E-state index in [-0.39, 0.29) is 10.7 Å². The van der Waals surface area contributed by atoms with Crippen molar-refractivity contribution in [1.82, 2.24) is 9.78 Å². The largest absolute Gasteiger partial charge is 0.382 e. The van der Waals surface area contributed by atoms with Gasteiger partial charge in [0.25, 0.3) is 5.69 Å². The van der Waals surface area contributed by atoms with Gasteiger partial charge >= 0.3 is 0 Å². The normalized spacial score (nSPS) is 14.1. The van der Waals surface area contributed by atoms with E-state index < -0.39 is 4.92 Å². The molecule has 0 amide bonds. The maximum absolute atomic E-state index is 10.8. The number of nitro benzene ring substituents is 1. The third-order valence-corrected chi connectivity index (χ3v) is 3.53. The van der Waals surface area contributed by atoms with E-state index in [9.17, 15) is 10.1 Å². The van der Waals surface area contributed by atoms with Crippen LogP contribution in [0.15, 0.2) is 18.2 Å². The third-order valence-electron chi connectivity index (χ3n) is 3.22. The van der Waals surface area contributed by atoms with Gasteiger partial charge in [-0.2, -0.15) is 5.10 Å². The molecule has 2 aromatic rings. The predicted molar refractivity (Wildman–Crippen MR) is 73.0 cm³/mol. The number of nitro groups is 1. The number of nitrogens with zero attached hydrogens (tertiary/aromatic N) is 3. The lowest BCUT2D eigenvalue weighted by Gasteiger charge is -2.14. The molecular weight excluding hydrogens is 284 g/mol. The minimum Gasteiger partial charge on any atom is -0.382 e. The molecule has 0 radical (unpaired) electrons. The highest BCUT2D eigenvalue weighted by molar-refractivity contribution is 6.32. The molecule has 0 atom stereocenters. The van der Waals surface area contributed by atoms with E-state index in [4.69, 9.17) is 22.1 Å². The Hall–Kier alpha value is -2.12. The highest BCUT2D eigenvalue weighted by Gasteiger charge is 2.21. The second-order valence-electron chi connectivity index (χ2n) is 4.42. The van der Waals surface area contributed by atoms with Crippen molar-refractivity contribution in [1.29, 1.82) is 0 Å². The van der Waals surface area contributed by atoms with Gasteiger partial charge < -0.3 is 10.5 Å². The van der Waals surface area contributed by atoms with Crippen LogP contribution in [0.2, 0.25) is 5.02 Å². The smallest absolute Gasteiger partial charge is 0.288 e. The molecule has 2 N–H and O–H groups in total. The van der Waals surface area contributed by atoms with Crippen LogP contribution < -0.4 is 5.73 Å². The monoisotopic (exact) mass is 294 g/mol. The highest BCUT2D eigenvalue weighted by atomic mass is 35.5. The Morgan fingerprint density at radius 1 is 1.50 bits per heavy atom. The van der Waals surface area contributed by atoms with E-state index in [0.29, 0.717) is 31.1 Å². The van der Waals surface area contributed by atoms with Gasteiger partial charge in [0.15, 0.2) is 5.82 Å². The Morgan fingerprint density at radius 2 is 2.30 bits per heavy atom. The maximum Gasteiger partial charge on any atom is 0.288 e. The minimum atomic E-state index is -0.521. The molecule has 8 heteroatoms. The molecule has 2 heterocycles. The van der Waals surface area contributed by atoms with Gasteiger partial charge in [0, 0.05) is 18.1 Å². The van der Waals surface area contributed by atoms with Crippen molar-refractivity contribution in [3.05, 3.63) is 44.6 Å². The molecule has 1 aromatic heterocycles. The number of hydrogen-bond donors (Lipinski definition) is 1. The lowest BCUT2D eigenvalue weighted by Crippen LogP contribution is -2.13. The van der Waals surface area contributed by atoms with Gasteiger partial charge in [-0.15, -0.1) is 0 Å². The minimum absolute atomic E-state index is 0.0716. The zero-order valence-corrected chi connectivity index (χ0v) is 11.1. The predicted octanol–water partition coefficient (Wildman–Crippen LogP) is 2.09. The first-order valence-electron chi connectivity index (χ1n) is 5.96. The summed E-state index contributed by atoms with van der Waals surface area (Å²) in [5.41, 5.74) is 8.20.